The standard InChI is InChI=1S/C17H28N2O2/c1-5-15(18)17(14-8-6-7-9-16(14)20-4)19-10-12(2)21-13(3)11-19/h6-9,12-13,15,17H,5,10-11,18H2,1-4H3. The second kappa shape index (κ2) is 7.25. The molecule has 4 atom stereocenters. The number of ether oxygens (including phenoxy) is 2. The summed E-state index contributed by atoms with van der Waals surface area (Å²) >= 11 is 0. The van der Waals surface area contributed by atoms with Crippen LogP contribution in [0.1, 0.15) is 38.8 Å². The van der Waals surface area contributed by atoms with Crippen LogP contribution in [0.3, 0.4) is 0 Å². The van der Waals surface area contributed by atoms with Crippen LogP contribution in [0.25, 0.3) is 0 Å². The average Bonchev–Trinajstić information content (AvgIpc) is 2.46. The lowest BCUT2D eigenvalue weighted by Crippen LogP contribution is -2.51. The van der Waals surface area contributed by atoms with Crippen molar-refractivity contribution in [2.45, 2.75) is 51.5 Å². The van der Waals surface area contributed by atoms with Crippen LogP contribution in [0.4, 0.5) is 0 Å². The van der Waals surface area contributed by atoms with Crippen molar-refractivity contribution in [3.63, 3.8) is 0 Å². The fourth-order valence-corrected chi connectivity index (χ4v) is 3.28. The molecule has 1 fully saturated rings. The molecule has 4 unspecified atom stereocenters. The number of hydrogen-bond donors (Lipinski definition) is 1. The van der Waals surface area contributed by atoms with E-state index in [2.05, 4.69) is 37.8 Å². The number of benzene rings is 1. The van der Waals surface area contributed by atoms with Gasteiger partial charge in [0, 0.05) is 24.7 Å². The van der Waals surface area contributed by atoms with Crippen LogP contribution in [-0.4, -0.2) is 43.3 Å². The van der Waals surface area contributed by atoms with E-state index < -0.39 is 0 Å². The van der Waals surface area contributed by atoms with E-state index in [0.29, 0.717) is 0 Å². The van der Waals surface area contributed by atoms with Gasteiger partial charge < -0.3 is 15.2 Å². The van der Waals surface area contributed by atoms with Crippen LogP contribution < -0.4 is 10.5 Å². The largest absolute Gasteiger partial charge is 0.496 e. The molecule has 0 bridgehead atoms. The number of morpholine rings is 1. The predicted molar refractivity (Wildman–Crippen MR) is 85.6 cm³/mol. The third-order valence-corrected chi connectivity index (χ3v) is 4.18. The summed E-state index contributed by atoms with van der Waals surface area (Å²) in [6, 6.07) is 8.45. The Labute approximate surface area is 128 Å². The summed E-state index contributed by atoms with van der Waals surface area (Å²) in [5.74, 6) is 0.915. The monoisotopic (exact) mass is 292 g/mol. The second-order valence-electron chi connectivity index (χ2n) is 5.97. The average molecular weight is 292 g/mol. The van der Waals surface area contributed by atoms with Gasteiger partial charge in [-0.3, -0.25) is 4.90 Å². The van der Waals surface area contributed by atoms with Gasteiger partial charge in [0.2, 0.25) is 0 Å². The fraction of sp³-hybridized carbons (Fsp3) is 0.647. The molecule has 1 heterocycles. The van der Waals surface area contributed by atoms with Gasteiger partial charge in [0.15, 0.2) is 0 Å². The van der Waals surface area contributed by atoms with E-state index in [1.165, 1.54) is 5.56 Å². The zero-order valence-corrected chi connectivity index (χ0v) is 13.6. The summed E-state index contributed by atoms with van der Waals surface area (Å²) < 4.78 is 11.4. The number of para-hydroxylation sites is 1. The van der Waals surface area contributed by atoms with Gasteiger partial charge in [0.05, 0.1) is 25.4 Å². The Morgan fingerprint density at radius 2 is 1.90 bits per heavy atom. The summed E-state index contributed by atoms with van der Waals surface area (Å²) in [6.07, 6.45) is 1.40. The van der Waals surface area contributed by atoms with Crippen molar-refractivity contribution < 1.29 is 9.47 Å². The van der Waals surface area contributed by atoms with Crippen molar-refractivity contribution in [2.75, 3.05) is 20.2 Å². The van der Waals surface area contributed by atoms with Crippen molar-refractivity contribution in [1.29, 1.82) is 0 Å². The van der Waals surface area contributed by atoms with Crippen molar-refractivity contribution in [2.24, 2.45) is 5.73 Å². The van der Waals surface area contributed by atoms with Crippen molar-refractivity contribution >= 4 is 0 Å². The minimum Gasteiger partial charge on any atom is -0.496 e. The molecule has 0 amide bonds. The van der Waals surface area contributed by atoms with Gasteiger partial charge in [-0.2, -0.15) is 0 Å². The molecule has 1 saturated heterocycles. The molecule has 21 heavy (non-hydrogen) atoms. The highest BCUT2D eigenvalue weighted by Crippen LogP contribution is 2.33. The lowest BCUT2D eigenvalue weighted by atomic mass is 9.94. The van der Waals surface area contributed by atoms with E-state index in [1.54, 1.807) is 7.11 Å². The van der Waals surface area contributed by atoms with Gasteiger partial charge in [-0.25, -0.2) is 0 Å². The fourth-order valence-electron chi connectivity index (χ4n) is 3.28. The Bertz CT molecular complexity index is 442. The van der Waals surface area contributed by atoms with Crippen molar-refractivity contribution in [3.8, 4) is 5.75 Å². The molecule has 0 aliphatic carbocycles. The number of methoxy groups -OCH3 is 1. The van der Waals surface area contributed by atoms with E-state index in [9.17, 15) is 0 Å². The summed E-state index contributed by atoms with van der Waals surface area (Å²) in [4.78, 5) is 2.45. The van der Waals surface area contributed by atoms with Crippen LogP contribution in [0.15, 0.2) is 24.3 Å². The molecule has 1 aromatic rings. The third kappa shape index (κ3) is 3.76. The molecule has 0 spiro atoms. The van der Waals surface area contributed by atoms with Crippen LogP contribution >= 0.6 is 0 Å². The SMILES string of the molecule is CCC(N)C(c1ccccc1OC)N1CC(C)OC(C)C1. The Morgan fingerprint density at radius 3 is 2.48 bits per heavy atom. The first-order valence-electron chi connectivity index (χ1n) is 7.84. The molecule has 1 aliphatic heterocycles. The van der Waals surface area contributed by atoms with Crippen molar-refractivity contribution in [3.05, 3.63) is 29.8 Å². The van der Waals surface area contributed by atoms with Gasteiger partial charge in [-0.15, -0.1) is 0 Å². The highest BCUT2D eigenvalue weighted by molar-refractivity contribution is 5.37. The quantitative estimate of drug-likeness (QED) is 0.906. The maximum atomic E-state index is 6.46. The highest BCUT2D eigenvalue weighted by atomic mass is 16.5. The zero-order valence-electron chi connectivity index (χ0n) is 13.6. The van der Waals surface area contributed by atoms with Gasteiger partial charge in [0.25, 0.3) is 0 Å². The predicted octanol–water partition coefficient (Wildman–Crippen LogP) is 2.58. The normalized spacial score (nSPS) is 26.3. The molecule has 1 aliphatic rings. The molecule has 118 valence electrons. The minimum absolute atomic E-state index is 0.0822. The first kappa shape index (κ1) is 16.3. The Balaban J connectivity index is 2.34. The van der Waals surface area contributed by atoms with E-state index >= 15 is 0 Å². The lowest BCUT2D eigenvalue weighted by Gasteiger charge is -2.42. The molecule has 2 rings (SSSR count). The van der Waals surface area contributed by atoms with Gasteiger partial charge in [-0.05, 0) is 26.3 Å². The Kier molecular flexibility index (Phi) is 5.62. The Hall–Kier alpha value is -1.10. The molecular weight excluding hydrogens is 264 g/mol. The molecule has 0 aromatic heterocycles. The van der Waals surface area contributed by atoms with Gasteiger partial charge >= 0.3 is 0 Å². The summed E-state index contributed by atoms with van der Waals surface area (Å²) in [5, 5.41) is 0. The third-order valence-electron chi connectivity index (χ3n) is 4.18. The number of nitrogens with zero attached hydrogens (tertiary/aromatic N) is 1. The molecule has 4 heteroatoms. The van der Waals surface area contributed by atoms with E-state index in [0.717, 1.165) is 25.3 Å². The zero-order chi connectivity index (χ0) is 15.4. The number of nitrogens with two attached hydrogens (primary N) is 1. The minimum atomic E-state index is 0.0822. The first-order valence-corrected chi connectivity index (χ1v) is 7.84. The number of hydrogen-bond acceptors (Lipinski definition) is 4. The van der Waals surface area contributed by atoms with Crippen molar-refractivity contribution in [1.82, 2.24) is 4.90 Å². The molecule has 1 aromatic carbocycles. The van der Waals surface area contributed by atoms with E-state index in [1.807, 2.05) is 12.1 Å². The first-order chi connectivity index (χ1) is 10.1. The van der Waals surface area contributed by atoms with E-state index in [-0.39, 0.29) is 24.3 Å². The molecule has 2 N–H and O–H groups in total. The van der Waals surface area contributed by atoms with E-state index in [4.69, 9.17) is 15.2 Å². The molecule has 4 nitrogen and oxygen atoms in total. The summed E-state index contributed by atoms with van der Waals surface area (Å²) in [5.41, 5.74) is 7.63. The molecule has 0 saturated carbocycles. The second-order valence-corrected chi connectivity index (χ2v) is 5.97. The lowest BCUT2D eigenvalue weighted by molar-refractivity contribution is -0.0840. The van der Waals surface area contributed by atoms with Crippen LogP contribution in [0.2, 0.25) is 0 Å². The summed E-state index contributed by atoms with van der Waals surface area (Å²) in [7, 11) is 1.72. The molecular formula is C17H28N2O2. The Morgan fingerprint density at radius 1 is 1.29 bits per heavy atom. The van der Waals surface area contributed by atoms with Crippen LogP contribution in [-0.2, 0) is 4.74 Å². The van der Waals surface area contributed by atoms with Gasteiger partial charge in [-0.1, -0.05) is 25.1 Å². The number of rotatable bonds is 5. The maximum absolute atomic E-state index is 6.46. The smallest absolute Gasteiger partial charge is 0.123 e. The van der Waals surface area contributed by atoms with Gasteiger partial charge in [0.1, 0.15) is 5.75 Å². The van der Waals surface area contributed by atoms with Crippen LogP contribution in [0, 0.1) is 0 Å². The van der Waals surface area contributed by atoms with Crippen LogP contribution in [0.5, 0.6) is 5.75 Å². The topological polar surface area (TPSA) is 47.7 Å². The maximum Gasteiger partial charge on any atom is 0.123 e. The summed E-state index contributed by atoms with van der Waals surface area (Å²) in [6.45, 7) is 8.20. The molecule has 0 radical (unpaired) electrons. The highest BCUT2D eigenvalue weighted by Gasteiger charge is 2.33.